The molecule has 0 bridgehead atoms. The molecule has 0 unspecified atom stereocenters. The van der Waals surface area contributed by atoms with Crippen molar-refractivity contribution in [3.05, 3.63) is 56.5 Å². The molecule has 0 spiro atoms. The standard InChI is InChI=1S/C19H17BrClNO3/c1-3-24-18(23)7-5-14-4-6-17(20)19(12(14)2)25-16-9-13(11-22)8-15(21)10-16/h4,6,8-10H,3,5,7H2,1-2H3. The lowest BCUT2D eigenvalue weighted by molar-refractivity contribution is -0.143. The summed E-state index contributed by atoms with van der Waals surface area (Å²) in [7, 11) is 0. The van der Waals surface area contributed by atoms with E-state index in [2.05, 4.69) is 22.0 Å². The smallest absolute Gasteiger partial charge is 0.306 e. The molecule has 0 aliphatic carbocycles. The summed E-state index contributed by atoms with van der Waals surface area (Å²) in [5, 5.41) is 9.49. The van der Waals surface area contributed by atoms with Gasteiger partial charge in [-0.15, -0.1) is 0 Å². The monoisotopic (exact) mass is 421 g/mol. The summed E-state index contributed by atoms with van der Waals surface area (Å²) in [6.07, 6.45) is 0.874. The molecule has 0 aromatic heterocycles. The van der Waals surface area contributed by atoms with Crippen LogP contribution in [0.2, 0.25) is 5.02 Å². The fraction of sp³-hybridized carbons (Fsp3) is 0.263. The second kappa shape index (κ2) is 8.89. The van der Waals surface area contributed by atoms with Gasteiger partial charge >= 0.3 is 5.97 Å². The van der Waals surface area contributed by atoms with Gasteiger partial charge in [-0.1, -0.05) is 17.7 Å². The van der Waals surface area contributed by atoms with Crippen molar-refractivity contribution in [2.24, 2.45) is 0 Å². The summed E-state index contributed by atoms with van der Waals surface area (Å²) in [6.45, 7) is 4.09. The Labute approximate surface area is 160 Å². The molecule has 0 aliphatic heterocycles. The number of hydrogen-bond acceptors (Lipinski definition) is 4. The molecule has 130 valence electrons. The van der Waals surface area contributed by atoms with Crippen LogP contribution in [0.4, 0.5) is 0 Å². The first-order chi connectivity index (χ1) is 11.9. The molecule has 25 heavy (non-hydrogen) atoms. The summed E-state index contributed by atoms with van der Waals surface area (Å²) < 4.78 is 11.7. The fourth-order valence-electron chi connectivity index (χ4n) is 2.37. The number of halogens is 2. The molecule has 2 rings (SSSR count). The van der Waals surface area contributed by atoms with Crippen LogP contribution in [0, 0.1) is 18.3 Å². The van der Waals surface area contributed by atoms with Crippen LogP contribution in [0.15, 0.2) is 34.8 Å². The third-order valence-electron chi connectivity index (χ3n) is 3.59. The minimum atomic E-state index is -0.221. The van der Waals surface area contributed by atoms with Gasteiger partial charge in [0, 0.05) is 11.4 Å². The van der Waals surface area contributed by atoms with Crippen molar-refractivity contribution >= 4 is 33.5 Å². The highest BCUT2D eigenvalue weighted by Gasteiger charge is 2.13. The van der Waals surface area contributed by atoms with Crippen molar-refractivity contribution in [1.82, 2.24) is 0 Å². The van der Waals surface area contributed by atoms with Gasteiger partial charge in [0.1, 0.15) is 11.5 Å². The maximum atomic E-state index is 11.6. The Morgan fingerprint density at radius 3 is 2.76 bits per heavy atom. The van der Waals surface area contributed by atoms with Crippen LogP contribution in [-0.2, 0) is 16.0 Å². The summed E-state index contributed by atoms with van der Waals surface area (Å²) in [5.74, 6) is 0.892. The molecule has 2 aromatic carbocycles. The Morgan fingerprint density at radius 1 is 1.32 bits per heavy atom. The number of carbonyl (C=O) groups excluding carboxylic acids is 1. The topological polar surface area (TPSA) is 59.3 Å². The number of ether oxygens (including phenoxy) is 2. The Morgan fingerprint density at radius 2 is 2.08 bits per heavy atom. The van der Waals surface area contributed by atoms with Crippen molar-refractivity contribution in [2.45, 2.75) is 26.7 Å². The lowest BCUT2D eigenvalue weighted by atomic mass is 10.0. The molecule has 0 saturated carbocycles. The van der Waals surface area contributed by atoms with E-state index in [1.165, 1.54) is 0 Å². The minimum absolute atomic E-state index is 0.221. The van der Waals surface area contributed by atoms with Crippen LogP contribution < -0.4 is 4.74 Å². The van der Waals surface area contributed by atoms with Crippen LogP contribution >= 0.6 is 27.5 Å². The summed E-state index contributed by atoms with van der Waals surface area (Å²) in [6, 6.07) is 10.7. The van der Waals surface area contributed by atoms with E-state index in [1.807, 2.05) is 19.1 Å². The molecule has 0 N–H and O–H groups in total. The molecular weight excluding hydrogens is 406 g/mol. The second-order valence-corrected chi connectivity index (χ2v) is 6.65. The van der Waals surface area contributed by atoms with Gasteiger partial charge in [0.05, 0.1) is 22.7 Å². The van der Waals surface area contributed by atoms with Gasteiger partial charge in [0.25, 0.3) is 0 Å². The Kier molecular flexibility index (Phi) is 6.86. The molecular formula is C19H17BrClNO3. The van der Waals surface area contributed by atoms with E-state index in [-0.39, 0.29) is 5.97 Å². The average molecular weight is 423 g/mol. The third-order valence-corrected chi connectivity index (χ3v) is 4.44. The summed E-state index contributed by atoms with van der Waals surface area (Å²) in [5.41, 5.74) is 2.33. The molecule has 0 amide bonds. The van der Waals surface area contributed by atoms with Gasteiger partial charge in [0.2, 0.25) is 0 Å². The van der Waals surface area contributed by atoms with E-state index in [1.54, 1.807) is 25.1 Å². The largest absolute Gasteiger partial charge is 0.466 e. The van der Waals surface area contributed by atoms with Crippen LogP contribution in [0.5, 0.6) is 11.5 Å². The van der Waals surface area contributed by atoms with E-state index in [0.29, 0.717) is 41.5 Å². The first kappa shape index (κ1) is 19.3. The van der Waals surface area contributed by atoms with Crippen molar-refractivity contribution in [3.8, 4) is 17.6 Å². The highest BCUT2D eigenvalue weighted by molar-refractivity contribution is 9.10. The van der Waals surface area contributed by atoms with E-state index in [9.17, 15) is 4.79 Å². The molecule has 2 aromatic rings. The maximum absolute atomic E-state index is 11.6. The van der Waals surface area contributed by atoms with E-state index < -0.39 is 0 Å². The minimum Gasteiger partial charge on any atom is -0.466 e. The number of carbonyl (C=O) groups is 1. The van der Waals surface area contributed by atoms with Gasteiger partial charge in [-0.25, -0.2) is 0 Å². The van der Waals surface area contributed by atoms with Crippen LogP contribution in [-0.4, -0.2) is 12.6 Å². The molecule has 6 heteroatoms. The van der Waals surface area contributed by atoms with Gasteiger partial charge in [-0.2, -0.15) is 5.26 Å². The predicted molar refractivity (Wildman–Crippen MR) is 100 cm³/mol. The average Bonchev–Trinajstić information content (AvgIpc) is 2.57. The van der Waals surface area contributed by atoms with Gasteiger partial charge in [-0.3, -0.25) is 4.79 Å². The van der Waals surface area contributed by atoms with Crippen molar-refractivity contribution < 1.29 is 14.3 Å². The first-order valence-corrected chi connectivity index (χ1v) is 8.93. The van der Waals surface area contributed by atoms with E-state index in [4.69, 9.17) is 26.3 Å². The van der Waals surface area contributed by atoms with Crippen LogP contribution in [0.25, 0.3) is 0 Å². The maximum Gasteiger partial charge on any atom is 0.306 e. The van der Waals surface area contributed by atoms with Gasteiger partial charge in [-0.05, 0) is 71.6 Å². The summed E-state index contributed by atoms with van der Waals surface area (Å²) in [4.78, 5) is 11.6. The predicted octanol–water partition coefficient (Wildman–Crippen LogP) is 5.57. The molecule has 0 aliphatic rings. The first-order valence-electron chi connectivity index (χ1n) is 7.76. The van der Waals surface area contributed by atoms with Crippen LogP contribution in [0.3, 0.4) is 0 Å². The number of nitrogens with zero attached hydrogens (tertiary/aromatic N) is 1. The number of hydrogen-bond donors (Lipinski definition) is 0. The quantitative estimate of drug-likeness (QED) is 0.571. The lowest BCUT2D eigenvalue weighted by Crippen LogP contribution is -2.06. The zero-order chi connectivity index (χ0) is 18.4. The van der Waals surface area contributed by atoms with Crippen LogP contribution in [0.1, 0.15) is 30.0 Å². The fourth-order valence-corrected chi connectivity index (χ4v) is 3.11. The number of esters is 1. The Bertz CT molecular complexity index is 830. The zero-order valence-electron chi connectivity index (χ0n) is 13.9. The third kappa shape index (κ3) is 5.22. The number of aryl methyl sites for hydroxylation is 1. The number of rotatable bonds is 6. The lowest BCUT2D eigenvalue weighted by Gasteiger charge is -2.15. The molecule has 4 nitrogen and oxygen atoms in total. The molecule has 0 radical (unpaired) electrons. The molecule has 0 fully saturated rings. The molecule has 0 atom stereocenters. The number of benzene rings is 2. The highest BCUT2D eigenvalue weighted by atomic mass is 79.9. The van der Waals surface area contributed by atoms with Gasteiger partial charge < -0.3 is 9.47 Å². The highest BCUT2D eigenvalue weighted by Crippen LogP contribution is 2.36. The van der Waals surface area contributed by atoms with Crippen molar-refractivity contribution in [2.75, 3.05) is 6.61 Å². The second-order valence-electron chi connectivity index (χ2n) is 5.36. The van der Waals surface area contributed by atoms with E-state index >= 15 is 0 Å². The molecule has 0 saturated heterocycles. The Balaban J connectivity index is 2.26. The van der Waals surface area contributed by atoms with Crippen molar-refractivity contribution in [1.29, 1.82) is 5.26 Å². The van der Waals surface area contributed by atoms with E-state index in [0.717, 1.165) is 15.6 Å². The normalized spacial score (nSPS) is 10.2. The molecule has 0 heterocycles. The van der Waals surface area contributed by atoms with Gasteiger partial charge in [0.15, 0.2) is 0 Å². The Hall–Kier alpha value is -2.03. The summed E-state index contributed by atoms with van der Waals surface area (Å²) >= 11 is 9.51. The zero-order valence-corrected chi connectivity index (χ0v) is 16.3. The number of nitriles is 1. The SMILES string of the molecule is CCOC(=O)CCc1ccc(Br)c(Oc2cc(Cl)cc(C#N)c2)c1C. The van der Waals surface area contributed by atoms with Crippen molar-refractivity contribution in [3.63, 3.8) is 0 Å².